The van der Waals surface area contributed by atoms with Gasteiger partial charge in [-0.05, 0) is 98.6 Å². The molecule has 4 aromatic rings. The van der Waals surface area contributed by atoms with Crippen LogP contribution < -0.4 is 10.2 Å². The van der Waals surface area contributed by atoms with E-state index in [0.29, 0.717) is 16.8 Å². The van der Waals surface area contributed by atoms with Crippen molar-refractivity contribution in [2.45, 2.75) is 30.6 Å². The standard InChI is InChI=1S/C30H23BrN4O5S/c1-17-14-21(31)4-13-27(17)34-29(37)26(28(36)32-30(34)38)16-20-15-18(2)33(19(20)3)22-5-9-24(10-6-22)41-25-11-7-23(8-12-25)35(39)40/h4-16H,1-3H3,(H,32,36,38)/b26-16-. The number of aromatic nitrogens is 1. The van der Waals surface area contributed by atoms with Gasteiger partial charge in [0, 0.05) is 43.5 Å². The summed E-state index contributed by atoms with van der Waals surface area (Å²) in [4.78, 5) is 52.1. The van der Waals surface area contributed by atoms with E-state index in [1.54, 1.807) is 37.3 Å². The van der Waals surface area contributed by atoms with Gasteiger partial charge in [0.25, 0.3) is 17.5 Å². The summed E-state index contributed by atoms with van der Waals surface area (Å²) in [6.07, 6.45) is 1.52. The van der Waals surface area contributed by atoms with Crippen molar-refractivity contribution in [3.63, 3.8) is 0 Å². The Morgan fingerprint density at radius 1 is 0.902 bits per heavy atom. The lowest BCUT2D eigenvalue weighted by Gasteiger charge is -2.27. The van der Waals surface area contributed by atoms with Gasteiger partial charge in [0.15, 0.2) is 0 Å². The zero-order valence-corrected chi connectivity index (χ0v) is 24.6. The van der Waals surface area contributed by atoms with Crippen molar-refractivity contribution in [2.75, 3.05) is 4.90 Å². The van der Waals surface area contributed by atoms with Gasteiger partial charge >= 0.3 is 6.03 Å². The van der Waals surface area contributed by atoms with Crippen LogP contribution in [0.2, 0.25) is 0 Å². The Morgan fingerprint density at radius 2 is 1.54 bits per heavy atom. The van der Waals surface area contributed by atoms with E-state index in [2.05, 4.69) is 21.2 Å². The lowest BCUT2D eigenvalue weighted by Crippen LogP contribution is -2.54. The normalized spacial score (nSPS) is 14.5. The van der Waals surface area contributed by atoms with Crippen LogP contribution >= 0.6 is 27.7 Å². The largest absolute Gasteiger partial charge is 0.335 e. The molecule has 5 rings (SSSR count). The first-order chi connectivity index (χ1) is 19.5. The van der Waals surface area contributed by atoms with E-state index in [4.69, 9.17) is 0 Å². The first-order valence-electron chi connectivity index (χ1n) is 12.4. The molecule has 0 spiro atoms. The zero-order valence-electron chi connectivity index (χ0n) is 22.2. The smallest absolute Gasteiger partial charge is 0.318 e. The highest BCUT2D eigenvalue weighted by Crippen LogP contribution is 2.32. The molecule has 0 saturated carbocycles. The van der Waals surface area contributed by atoms with Crippen LogP contribution in [0.15, 0.2) is 92.6 Å². The Bertz CT molecular complexity index is 1760. The summed E-state index contributed by atoms with van der Waals surface area (Å²) in [5.41, 5.74) is 4.27. The fraction of sp³-hybridized carbons (Fsp3) is 0.100. The van der Waals surface area contributed by atoms with E-state index in [9.17, 15) is 24.5 Å². The molecule has 3 aromatic carbocycles. The maximum atomic E-state index is 13.4. The monoisotopic (exact) mass is 630 g/mol. The van der Waals surface area contributed by atoms with E-state index < -0.39 is 22.8 Å². The number of nitro benzene ring substituents is 1. The Hall–Kier alpha value is -4.48. The summed E-state index contributed by atoms with van der Waals surface area (Å²) in [6, 6.07) is 20.5. The first kappa shape index (κ1) is 28.1. The van der Waals surface area contributed by atoms with Gasteiger partial charge in [-0.2, -0.15) is 0 Å². The van der Waals surface area contributed by atoms with Gasteiger partial charge < -0.3 is 4.57 Å². The quantitative estimate of drug-likeness (QED) is 0.107. The van der Waals surface area contributed by atoms with Gasteiger partial charge in [-0.3, -0.25) is 25.0 Å². The molecule has 0 aliphatic carbocycles. The zero-order chi connectivity index (χ0) is 29.4. The van der Waals surface area contributed by atoms with Gasteiger partial charge in [0.1, 0.15) is 5.57 Å². The number of non-ortho nitro benzene ring substituents is 1. The summed E-state index contributed by atoms with van der Waals surface area (Å²) < 4.78 is 2.82. The van der Waals surface area contributed by atoms with Crippen molar-refractivity contribution in [3.8, 4) is 5.69 Å². The second-order valence-electron chi connectivity index (χ2n) is 9.40. The molecule has 1 fully saturated rings. The highest BCUT2D eigenvalue weighted by atomic mass is 79.9. The van der Waals surface area contributed by atoms with Crippen molar-refractivity contribution in [2.24, 2.45) is 0 Å². The molecule has 9 nitrogen and oxygen atoms in total. The van der Waals surface area contributed by atoms with Crippen LogP contribution in [0.5, 0.6) is 0 Å². The molecule has 1 saturated heterocycles. The van der Waals surface area contributed by atoms with E-state index in [-0.39, 0.29) is 11.3 Å². The number of barbiturate groups is 1. The molecule has 4 amide bonds. The van der Waals surface area contributed by atoms with E-state index in [1.807, 2.05) is 48.7 Å². The van der Waals surface area contributed by atoms with Crippen molar-refractivity contribution in [3.05, 3.63) is 115 Å². The van der Waals surface area contributed by atoms with Crippen molar-refractivity contribution < 1.29 is 19.3 Å². The number of amides is 4. The SMILES string of the molecule is Cc1cc(Br)ccc1N1C(=O)NC(=O)/C(=C/c2cc(C)n(-c3ccc(Sc4ccc([N+](=O)[O-])cc4)cc3)c2C)C1=O. The summed E-state index contributed by atoms with van der Waals surface area (Å²) in [6.45, 7) is 5.61. The Labute approximate surface area is 248 Å². The topological polar surface area (TPSA) is 115 Å². The molecule has 2 heterocycles. The number of hydrogen-bond acceptors (Lipinski definition) is 6. The van der Waals surface area contributed by atoms with Crippen molar-refractivity contribution >= 4 is 63.0 Å². The van der Waals surface area contributed by atoms with Gasteiger partial charge in [-0.15, -0.1) is 0 Å². The number of carbonyl (C=O) groups excluding carboxylic acids is 3. The van der Waals surface area contributed by atoms with Gasteiger partial charge in [0.05, 0.1) is 10.6 Å². The molecule has 11 heteroatoms. The molecular weight excluding hydrogens is 608 g/mol. The van der Waals surface area contributed by atoms with Crippen LogP contribution in [0.4, 0.5) is 16.2 Å². The number of benzene rings is 3. The van der Waals surface area contributed by atoms with Crippen LogP contribution in [-0.2, 0) is 9.59 Å². The fourth-order valence-corrected chi connectivity index (χ4v) is 5.96. The number of nitrogens with one attached hydrogen (secondary N) is 1. The highest BCUT2D eigenvalue weighted by molar-refractivity contribution is 9.10. The molecule has 0 unspecified atom stereocenters. The third-order valence-electron chi connectivity index (χ3n) is 6.65. The molecular formula is C30H23BrN4O5S. The fourth-order valence-electron chi connectivity index (χ4n) is 4.67. The number of halogens is 1. The van der Waals surface area contributed by atoms with Crippen LogP contribution in [0.1, 0.15) is 22.5 Å². The summed E-state index contributed by atoms with van der Waals surface area (Å²) >= 11 is 4.88. The van der Waals surface area contributed by atoms with Crippen LogP contribution in [0.3, 0.4) is 0 Å². The minimum atomic E-state index is -0.792. The molecule has 1 N–H and O–H groups in total. The molecule has 1 aliphatic rings. The second kappa shape index (κ2) is 11.2. The predicted molar refractivity (Wildman–Crippen MR) is 160 cm³/mol. The summed E-state index contributed by atoms with van der Waals surface area (Å²) in [5.74, 6) is -1.44. The average Bonchev–Trinajstić information content (AvgIpc) is 3.20. The predicted octanol–water partition coefficient (Wildman–Crippen LogP) is 6.89. The number of anilines is 1. The van der Waals surface area contributed by atoms with Crippen molar-refractivity contribution in [1.82, 2.24) is 9.88 Å². The molecule has 0 atom stereocenters. The van der Waals surface area contributed by atoms with Crippen molar-refractivity contribution in [1.29, 1.82) is 0 Å². The van der Waals surface area contributed by atoms with E-state index in [0.717, 1.165) is 36.2 Å². The number of imide groups is 2. The number of aryl methyl sites for hydroxylation is 2. The number of carbonyl (C=O) groups is 3. The number of nitrogens with zero attached hydrogens (tertiary/aromatic N) is 3. The number of nitro groups is 1. The van der Waals surface area contributed by atoms with E-state index in [1.165, 1.54) is 30.0 Å². The molecule has 41 heavy (non-hydrogen) atoms. The molecule has 0 bridgehead atoms. The van der Waals surface area contributed by atoms with Crippen LogP contribution in [-0.4, -0.2) is 27.3 Å². The maximum absolute atomic E-state index is 13.4. The number of urea groups is 1. The summed E-state index contributed by atoms with van der Waals surface area (Å²) in [7, 11) is 0. The molecule has 0 radical (unpaired) electrons. The lowest BCUT2D eigenvalue weighted by molar-refractivity contribution is -0.384. The van der Waals surface area contributed by atoms with Gasteiger partial charge in [-0.1, -0.05) is 27.7 Å². The summed E-state index contributed by atoms with van der Waals surface area (Å²) in [5, 5.41) is 13.2. The lowest BCUT2D eigenvalue weighted by atomic mass is 10.1. The highest BCUT2D eigenvalue weighted by Gasteiger charge is 2.37. The third kappa shape index (κ3) is 5.59. The van der Waals surface area contributed by atoms with Crippen LogP contribution in [0.25, 0.3) is 11.8 Å². The number of hydrogen-bond donors (Lipinski definition) is 1. The molecule has 1 aliphatic heterocycles. The Balaban J connectivity index is 1.42. The minimum absolute atomic E-state index is 0.0455. The van der Waals surface area contributed by atoms with Gasteiger partial charge in [-0.25, -0.2) is 9.69 Å². The Kier molecular flexibility index (Phi) is 7.65. The Morgan fingerprint density at radius 3 is 2.15 bits per heavy atom. The molecule has 206 valence electrons. The second-order valence-corrected chi connectivity index (χ2v) is 11.5. The van der Waals surface area contributed by atoms with E-state index >= 15 is 0 Å². The maximum Gasteiger partial charge on any atom is 0.335 e. The third-order valence-corrected chi connectivity index (χ3v) is 8.16. The average molecular weight is 632 g/mol. The number of rotatable bonds is 6. The van der Waals surface area contributed by atoms with Crippen LogP contribution in [0, 0.1) is 30.9 Å². The minimum Gasteiger partial charge on any atom is -0.318 e. The first-order valence-corrected chi connectivity index (χ1v) is 14.0. The molecule has 1 aromatic heterocycles. The van der Waals surface area contributed by atoms with Gasteiger partial charge in [0.2, 0.25) is 0 Å².